The first-order chi connectivity index (χ1) is 10.1. The number of phenols is 1. The molecule has 1 aromatic rings. The summed E-state index contributed by atoms with van der Waals surface area (Å²) in [6.07, 6.45) is 7.15. The number of likely N-dealkylation sites (tertiary alicyclic amines) is 1. The number of hydrogen-bond donors (Lipinski definition) is 1. The summed E-state index contributed by atoms with van der Waals surface area (Å²) in [7, 11) is 2.25. The second kappa shape index (κ2) is 3.64. The number of ether oxygens (including phenoxy) is 1. The van der Waals surface area contributed by atoms with Gasteiger partial charge in [-0.2, -0.15) is 0 Å². The van der Waals surface area contributed by atoms with Crippen LogP contribution in [0.4, 0.5) is 0 Å². The van der Waals surface area contributed by atoms with E-state index in [4.69, 9.17) is 4.74 Å². The lowest BCUT2D eigenvalue weighted by Gasteiger charge is -2.56. The van der Waals surface area contributed by atoms with Gasteiger partial charge >= 0.3 is 0 Å². The van der Waals surface area contributed by atoms with Crippen molar-refractivity contribution < 1.29 is 9.84 Å². The molecule has 1 saturated heterocycles. The molecule has 1 N–H and O–H groups in total. The first-order valence-electron chi connectivity index (χ1n) is 8.03. The first kappa shape index (κ1) is 12.1. The van der Waals surface area contributed by atoms with Crippen molar-refractivity contribution in [1.29, 1.82) is 0 Å². The minimum atomic E-state index is 0.0903. The normalized spacial score (nSPS) is 42.6. The summed E-state index contributed by atoms with van der Waals surface area (Å²) < 4.78 is 6.34. The number of aromatic hydroxyl groups is 1. The van der Waals surface area contributed by atoms with E-state index in [-0.39, 0.29) is 11.5 Å². The zero-order valence-electron chi connectivity index (χ0n) is 12.5. The zero-order chi connectivity index (χ0) is 14.4. The van der Waals surface area contributed by atoms with Crippen LogP contribution >= 0.6 is 0 Å². The SMILES string of the molecule is C[C@H]1C=C[C@H]2[C@H]3Cc4ccc(O)c5c4[C@@]2(CCN3C)[C@H]1O5. The number of hydrogen-bond acceptors (Lipinski definition) is 3. The molecule has 2 bridgehead atoms. The minimum absolute atomic E-state index is 0.0903. The van der Waals surface area contributed by atoms with E-state index in [1.807, 2.05) is 6.07 Å². The fourth-order valence-electron chi connectivity index (χ4n) is 5.50. The summed E-state index contributed by atoms with van der Waals surface area (Å²) in [6, 6.07) is 4.50. The van der Waals surface area contributed by atoms with E-state index < -0.39 is 0 Å². The van der Waals surface area contributed by atoms with Gasteiger partial charge in [0.15, 0.2) is 11.5 Å². The number of rotatable bonds is 0. The highest BCUT2D eigenvalue weighted by molar-refractivity contribution is 5.61. The Balaban J connectivity index is 1.84. The third-order valence-corrected chi connectivity index (χ3v) is 6.42. The maximum absolute atomic E-state index is 10.3. The molecule has 21 heavy (non-hydrogen) atoms. The molecule has 5 atom stereocenters. The summed E-state index contributed by atoms with van der Waals surface area (Å²) >= 11 is 0. The largest absolute Gasteiger partial charge is 0.504 e. The van der Waals surface area contributed by atoms with Crippen molar-refractivity contribution in [3.05, 3.63) is 35.4 Å². The van der Waals surface area contributed by atoms with Crippen molar-refractivity contribution in [3.8, 4) is 11.5 Å². The van der Waals surface area contributed by atoms with Crippen molar-refractivity contribution >= 4 is 0 Å². The molecule has 1 aromatic carbocycles. The standard InChI is InChI=1S/C18H21NO2/c1-10-3-5-12-13-9-11-4-6-14(20)16-15(11)18(12,17(10)21-16)7-8-19(13)2/h3-6,10,12-13,17,20H,7-9H2,1-2H3/t10-,12-,13+,17-,18-/m0/s1. The third kappa shape index (κ3) is 1.21. The number of benzene rings is 1. The van der Waals surface area contributed by atoms with E-state index in [0.717, 1.165) is 25.1 Å². The van der Waals surface area contributed by atoms with Gasteiger partial charge < -0.3 is 14.7 Å². The lowest BCUT2D eigenvalue weighted by molar-refractivity contribution is -0.0143. The number of phenolic OH excluding ortho intramolecular Hbond substituents is 1. The Morgan fingerprint density at radius 2 is 2.19 bits per heavy atom. The van der Waals surface area contributed by atoms with Gasteiger partial charge in [-0.05, 0) is 38.1 Å². The molecule has 2 aliphatic carbocycles. The van der Waals surface area contributed by atoms with Gasteiger partial charge in [0.2, 0.25) is 0 Å². The molecule has 0 amide bonds. The molecule has 0 unspecified atom stereocenters. The number of piperidine rings is 1. The fraction of sp³-hybridized carbons (Fsp3) is 0.556. The summed E-state index contributed by atoms with van der Waals surface area (Å²) in [5.41, 5.74) is 2.81. The summed E-state index contributed by atoms with van der Waals surface area (Å²) in [5, 5.41) is 10.3. The van der Waals surface area contributed by atoms with Crippen LogP contribution in [-0.2, 0) is 11.8 Å². The van der Waals surface area contributed by atoms with E-state index in [2.05, 4.69) is 37.1 Å². The van der Waals surface area contributed by atoms with Crippen molar-refractivity contribution in [3.63, 3.8) is 0 Å². The molecule has 3 heteroatoms. The smallest absolute Gasteiger partial charge is 0.165 e. The first-order valence-corrected chi connectivity index (χ1v) is 8.03. The Morgan fingerprint density at radius 1 is 1.33 bits per heavy atom. The van der Waals surface area contributed by atoms with E-state index in [1.165, 1.54) is 11.1 Å². The Kier molecular flexibility index (Phi) is 2.10. The molecule has 1 fully saturated rings. The fourth-order valence-corrected chi connectivity index (χ4v) is 5.50. The Morgan fingerprint density at radius 3 is 3.05 bits per heavy atom. The topological polar surface area (TPSA) is 32.7 Å². The highest BCUT2D eigenvalue weighted by atomic mass is 16.5. The van der Waals surface area contributed by atoms with Crippen LogP contribution in [0.1, 0.15) is 24.5 Å². The van der Waals surface area contributed by atoms with Gasteiger partial charge in [-0.15, -0.1) is 0 Å². The molecular weight excluding hydrogens is 262 g/mol. The van der Waals surface area contributed by atoms with Crippen molar-refractivity contribution in [1.82, 2.24) is 4.90 Å². The van der Waals surface area contributed by atoms with Crippen molar-refractivity contribution in [2.24, 2.45) is 11.8 Å². The van der Waals surface area contributed by atoms with Crippen LogP contribution in [0, 0.1) is 11.8 Å². The molecule has 0 radical (unpaired) electrons. The summed E-state index contributed by atoms with van der Waals surface area (Å²) in [4.78, 5) is 2.51. The van der Waals surface area contributed by atoms with Gasteiger partial charge in [0.1, 0.15) is 6.10 Å². The van der Waals surface area contributed by atoms with Crippen LogP contribution in [0.15, 0.2) is 24.3 Å². The van der Waals surface area contributed by atoms with Crippen LogP contribution in [0.2, 0.25) is 0 Å². The number of likely N-dealkylation sites (N-methyl/N-ethyl adjacent to an activating group) is 1. The van der Waals surface area contributed by atoms with Crippen LogP contribution in [-0.4, -0.2) is 35.7 Å². The second-order valence-electron chi connectivity index (χ2n) is 7.30. The monoisotopic (exact) mass is 283 g/mol. The molecule has 4 aliphatic rings. The average Bonchev–Trinajstić information content (AvgIpc) is 2.83. The predicted molar refractivity (Wildman–Crippen MR) is 80.7 cm³/mol. The van der Waals surface area contributed by atoms with Crippen LogP contribution in [0.3, 0.4) is 0 Å². The molecule has 0 aromatic heterocycles. The van der Waals surface area contributed by atoms with E-state index >= 15 is 0 Å². The van der Waals surface area contributed by atoms with Crippen LogP contribution in [0.25, 0.3) is 0 Å². The van der Waals surface area contributed by atoms with Gasteiger partial charge in [0, 0.05) is 28.9 Å². The van der Waals surface area contributed by atoms with Crippen molar-refractivity contribution in [2.45, 2.75) is 37.3 Å². The summed E-state index contributed by atoms with van der Waals surface area (Å²) in [6.45, 7) is 3.37. The van der Waals surface area contributed by atoms with Gasteiger partial charge in [0.25, 0.3) is 0 Å². The van der Waals surface area contributed by atoms with E-state index in [0.29, 0.717) is 23.6 Å². The maximum atomic E-state index is 10.3. The lowest BCUT2D eigenvalue weighted by Crippen LogP contribution is -2.63. The second-order valence-corrected chi connectivity index (χ2v) is 7.30. The molecule has 2 aliphatic heterocycles. The molecule has 5 rings (SSSR count). The van der Waals surface area contributed by atoms with Gasteiger partial charge in [-0.25, -0.2) is 0 Å². The van der Waals surface area contributed by atoms with Crippen LogP contribution in [0.5, 0.6) is 11.5 Å². The molecule has 1 spiro atoms. The van der Waals surface area contributed by atoms with Crippen LogP contribution < -0.4 is 4.74 Å². The molecular formula is C18H21NO2. The Labute approximate surface area is 125 Å². The van der Waals surface area contributed by atoms with Gasteiger partial charge in [0.05, 0.1) is 0 Å². The number of nitrogens with zero attached hydrogens (tertiary/aromatic N) is 1. The Hall–Kier alpha value is -1.48. The highest BCUT2D eigenvalue weighted by Gasteiger charge is 2.63. The van der Waals surface area contributed by atoms with Crippen molar-refractivity contribution in [2.75, 3.05) is 13.6 Å². The van der Waals surface area contributed by atoms with E-state index in [1.54, 1.807) is 0 Å². The summed E-state index contributed by atoms with van der Waals surface area (Å²) in [5.74, 6) is 2.03. The maximum Gasteiger partial charge on any atom is 0.165 e. The van der Waals surface area contributed by atoms with E-state index in [9.17, 15) is 5.11 Å². The quantitative estimate of drug-likeness (QED) is 0.743. The lowest BCUT2D eigenvalue weighted by atomic mass is 9.52. The highest BCUT2D eigenvalue weighted by Crippen LogP contribution is 2.63. The third-order valence-electron chi connectivity index (χ3n) is 6.42. The Bertz CT molecular complexity index is 667. The van der Waals surface area contributed by atoms with Gasteiger partial charge in [-0.3, -0.25) is 0 Å². The minimum Gasteiger partial charge on any atom is -0.504 e. The molecule has 3 nitrogen and oxygen atoms in total. The molecule has 0 saturated carbocycles. The van der Waals surface area contributed by atoms with Gasteiger partial charge in [-0.1, -0.05) is 25.1 Å². The molecule has 110 valence electrons. The molecule has 2 heterocycles. The average molecular weight is 283 g/mol. The predicted octanol–water partition coefficient (Wildman–Crippen LogP) is 2.47. The zero-order valence-corrected chi connectivity index (χ0v) is 12.5.